The van der Waals surface area contributed by atoms with Crippen molar-refractivity contribution in [2.24, 2.45) is 0 Å². The molecule has 168 valence electrons. The maximum Gasteiger partial charge on any atom is 0.387 e. The molecule has 0 aliphatic rings. The number of carbonyl (C=O) groups is 2. The normalized spacial score (nSPS) is 10.8. The van der Waals surface area contributed by atoms with Crippen LogP contribution in [-0.4, -0.2) is 41.5 Å². The van der Waals surface area contributed by atoms with Crippen molar-refractivity contribution in [3.05, 3.63) is 59.7 Å². The zero-order valence-corrected chi connectivity index (χ0v) is 19.1. The van der Waals surface area contributed by atoms with Gasteiger partial charge in [-0.3, -0.25) is 14.9 Å². The van der Waals surface area contributed by atoms with Gasteiger partial charge in [0.25, 0.3) is 5.91 Å². The molecule has 0 spiro atoms. The van der Waals surface area contributed by atoms with E-state index < -0.39 is 18.4 Å². The number of imide groups is 1. The molecule has 1 heterocycles. The molecular formula is C20H17F2N3O4S3. The highest BCUT2D eigenvalue weighted by Crippen LogP contribution is 2.31. The average Bonchev–Trinajstić information content (AvgIpc) is 3.24. The topological polar surface area (TPSA) is 90.4 Å². The van der Waals surface area contributed by atoms with Gasteiger partial charge in [0.1, 0.15) is 11.5 Å². The highest BCUT2D eigenvalue weighted by atomic mass is 32.2. The fraction of sp³-hybridized carbons (Fsp3) is 0.200. The number of hydrogen-bond donors (Lipinski definition) is 1. The Morgan fingerprint density at radius 1 is 1.00 bits per heavy atom. The second-order valence-corrected chi connectivity index (χ2v) is 9.46. The molecule has 0 saturated carbocycles. The molecule has 0 atom stereocenters. The van der Waals surface area contributed by atoms with Crippen molar-refractivity contribution in [1.82, 2.24) is 15.5 Å². The number of benzene rings is 2. The summed E-state index contributed by atoms with van der Waals surface area (Å²) in [5.41, 5.74) is 1.27. The zero-order valence-electron chi connectivity index (χ0n) is 16.6. The Morgan fingerprint density at radius 3 is 2.25 bits per heavy atom. The number of thioether (sulfide) groups is 2. The second-order valence-electron chi connectivity index (χ2n) is 6.04. The quantitative estimate of drug-likeness (QED) is 0.410. The van der Waals surface area contributed by atoms with Gasteiger partial charge in [-0.1, -0.05) is 47.0 Å². The fourth-order valence-corrected chi connectivity index (χ4v) is 5.11. The summed E-state index contributed by atoms with van der Waals surface area (Å²) in [5.74, 6) is 0.288. The number of amides is 2. The Labute approximate surface area is 194 Å². The third-order valence-electron chi connectivity index (χ3n) is 3.83. The van der Waals surface area contributed by atoms with Crippen molar-refractivity contribution in [3.63, 3.8) is 0 Å². The molecule has 12 heteroatoms. The van der Waals surface area contributed by atoms with Crippen LogP contribution >= 0.6 is 34.9 Å². The van der Waals surface area contributed by atoms with E-state index in [1.807, 2.05) is 24.3 Å². The van der Waals surface area contributed by atoms with Gasteiger partial charge in [-0.2, -0.15) is 8.78 Å². The summed E-state index contributed by atoms with van der Waals surface area (Å²) >= 11 is 4.07. The highest BCUT2D eigenvalue weighted by Gasteiger charge is 2.13. The molecule has 0 unspecified atom stereocenters. The number of halogens is 2. The molecule has 1 aromatic heterocycles. The van der Waals surface area contributed by atoms with E-state index in [0.717, 1.165) is 21.4 Å². The van der Waals surface area contributed by atoms with Crippen molar-refractivity contribution in [2.75, 3.05) is 12.9 Å². The zero-order chi connectivity index (χ0) is 22.9. The van der Waals surface area contributed by atoms with Crippen molar-refractivity contribution in [1.29, 1.82) is 0 Å². The summed E-state index contributed by atoms with van der Waals surface area (Å²) in [6.07, 6.45) is 0. The van der Waals surface area contributed by atoms with Crippen LogP contribution in [0.15, 0.2) is 57.2 Å². The van der Waals surface area contributed by atoms with Crippen LogP contribution < -0.4 is 14.8 Å². The molecule has 3 rings (SSSR count). The molecule has 2 aromatic carbocycles. The third kappa shape index (κ3) is 7.46. The number of nitrogens with one attached hydrogen (secondary N) is 1. The number of nitrogens with zero attached hydrogens (tertiary/aromatic N) is 2. The molecule has 0 radical (unpaired) electrons. The first-order valence-corrected chi connectivity index (χ1v) is 11.8. The minimum atomic E-state index is -2.95. The Hall–Kier alpha value is -2.70. The van der Waals surface area contributed by atoms with E-state index in [-0.39, 0.29) is 17.1 Å². The van der Waals surface area contributed by atoms with Gasteiger partial charge in [0, 0.05) is 11.3 Å². The summed E-state index contributed by atoms with van der Waals surface area (Å²) in [4.78, 5) is 24.1. The molecular weight excluding hydrogens is 480 g/mol. The van der Waals surface area contributed by atoms with Crippen LogP contribution in [0.5, 0.6) is 11.5 Å². The Balaban J connectivity index is 1.42. The van der Waals surface area contributed by atoms with Crippen molar-refractivity contribution < 1.29 is 27.8 Å². The number of aromatic nitrogens is 2. The lowest BCUT2D eigenvalue weighted by molar-refractivity contribution is -0.117. The number of methoxy groups -OCH3 is 1. The summed E-state index contributed by atoms with van der Waals surface area (Å²) in [6.45, 7) is -2.95. The molecule has 0 aliphatic carbocycles. The van der Waals surface area contributed by atoms with Crippen LogP contribution in [0.4, 0.5) is 8.78 Å². The third-order valence-corrected chi connectivity index (χ3v) is 7.09. The highest BCUT2D eigenvalue weighted by molar-refractivity contribution is 8.03. The van der Waals surface area contributed by atoms with Gasteiger partial charge >= 0.3 is 6.61 Å². The van der Waals surface area contributed by atoms with Crippen LogP contribution in [0.1, 0.15) is 15.9 Å². The fourth-order valence-electron chi connectivity index (χ4n) is 2.33. The van der Waals surface area contributed by atoms with Crippen molar-refractivity contribution in [2.45, 2.75) is 21.0 Å². The van der Waals surface area contributed by atoms with Crippen molar-refractivity contribution in [3.8, 4) is 11.5 Å². The van der Waals surface area contributed by atoms with Gasteiger partial charge in [-0.05, 0) is 42.0 Å². The van der Waals surface area contributed by atoms with Crippen LogP contribution in [0.3, 0.4) is 0 Å². The van der Waals surface area contributed by atoms with Crippen LogP contribution in [0.25, 0.3) is 0 Å². The molecule has 0 saturated heterocycles. The van der Waals surface area contributed by atoms with Gasteiger partial charge in [0.05, 0.1) is 12.9 Å². The number of alkyl halides is 2. The van der Waals surface area contributed by atoms with E-state index in [1.54, 1.807) is 7.11 Å². The SMILES string of the molecule is COc1ccc(CSc2nnc(SCC(=O)NC(=O)c3ccc(OC(F)F)cc3)s2)cc1. The first kappa shape index (κ1) is 24.0. The van der Waals surface area contributed by atoms with E-state index in [2.05, 4.69) is 20.3 Å². The second kappa shape index (κ2) is 11.8. The molecule has 2 amide bonds. The van der Waals surface area contributed by atoms with E-state index in [9.17, 15) is 18.4 Å². The summed E-state index contributed by atoms with van der Waals surface area (Å²) < 4.78 is 35.1. The van der Waals surface area contributed by atoms with Gasteiger partial charge < -0.3 is 9.47 Å². The number of carbonyl (C=O) groups excluding carboxylic acids is 2. The molecule has 32 heavy (non-hydrogen) atoms. The largest absolute Gasteiger partial charge is 0.497 e. The van der Waals surface area contributed by atoms with E-state index in [1.165, 1.54) is 59.1 Å². The lowest BCUT2D eigenvalue weighted by atomic mass is 10.2. The smallest absolute Gasteiger partial charge is 0.387 e. The maximum absolute atomic E-state index is 12.2. The van der Waals surface area contributed by atoms with Gasteiger partial charge in [0.15, 0.2) is 8.68 Å². The Bertz CT molecular complexity index is 1050. The first-order chi connectivity index (χ1) is 15.4. The lowest BCUT2D eigenvalue weighted by Crippen LogP contribution is -2.31. The minimum absolute atomic E-state index is 0.0178. The van der Waals surface area contributed by atoms with E-state index >= 15 is 0 Å². The average molecular weight is 498 g/mol. The summed E-state index contributed by atoms with van der Waals surface area (Å²) in [7, 11) is 1.62. The van der Waals surface area contributed by atoms with E-state index in [4.69, 9.17) is 4.74 Å². The molecule has 7 nitrogen and oxygen atoms in total. The summed E-state index contributed by atoms with van der Waals surface area (Å²) in [5, 5.41) is 10.4. The first-order valence-electron chi connectivity index (χ1n) is 9.04. The van der Waals surface area contributed by atoms with E-state index in [0.29, 0.717) is 4.34 Å². The number of rotatable bonds is 10. The van der Waals surface area contributed by atoms with Crippen LogP contribution in [0.2, 0.25) is 0 Å². The predicted molar refractivity (Wildman–Crippen MR) is 119 cm³/mol. The number of ether oxygens (including phenoxy) is 2. The standard InChI is InChI=1S/C20H17F2N3O4S3/c1-28-14-6-2-12(3-7-14)10-30-19-24-25-20(32-19)31-11-16(26)23-17(27)13-4-8-15(9-5-13)29-18(21)22/h2-9,18H,10-11H2,1H3,(H,23,26,27). The van der Waals surface area contributed by atoms with Crippen LogP contribution in [0, 0.1) is 0 Å². The Morgan fingerprint density at radius 2 is 1.62 bits per heavy atom. The van der Waals surface area contributed by atoms with Gasteiger partial charge in [-0.15, -0.1) is 10.2 Å². The molecule has 0 fully saturated rings. The van der Waals surface area contributed by atoms with Crippen molar-refractivity contribution >= 4 is 46.7 Å². The molecule has 1 N–H and O–H groups in total. The monoisotopic (exact) mass is 497 g/mol. The van der Waals surface area contributed by atoms with Gasteiger partial charge in [-0.25, -0.2) is 0 Å². The van der Waals surface area contributed by atoms with Gasteiger partial charge in [0.2, 0.25) is 5.91 Å². The molecule has 0 aliphatic heterocycles. The minimum Gasteiger partial charge on any atom is -0.497 e. The summed E-state index contributed by atoms with van der Waals surface area (Å²) in [6, 6.07) is 12.8. The predicted octanol–water partition coefficient (Wildman–Crippen LogP) is 4.49. The molecule has 3 aromatic rings. The lowest BCUT2D eigenvalue weighted by Gasteiger charge is -2.06. The van der Waals surface area contributed by atoms with Crippen LogP contribution in [-0.2, 0) is 10.5 Å². The molecule has 0 bridgehead atoms. The Kier molecular flexibility index (Phi) is 8.82. The maximum atomic E-state index is 12.2. The number of hydrogen-bond acceptors (Lipinski definition) is 9.